The molecular weight excluding hydrogens is 512 g/mol. The summed E-state index contributed by atoms with van der Waals surface area (Å²) < 4.78 is 0. The summed E-state index contributed by atoms with van der Waals surface area (Å²) in [6.07, 6.45) is -2.51. The number of amides is 4. The van der Waals surface area contributed by atoms with Crippen LogP contribution in [0.4, 0.5) is 0 Å². The van der Waals surface area contributed by atoms with Crippen molar-refractivity contribution in [2.45, 2.75) is 69.1 Å². The van der Waals surface area contributed by atoms with E-state index in [-0.39, 0.29) is 18.9 Å². The molecule has 4 atom stereocenters. The quantitative estimate of drug-likeness (QED) is 0.0415. The minimum atomic E-state index is -1.65. The Morgan fingerprint density at radius 3 is 1.63 bits per heavy atom. The van der Waals surface area contributed by atoms with E-state index in [1.807, 2.05) is 5.32 Å². The molecule has 0 aromatic heterocycles. The molecular formula is C20H34N8O10. The summed E-state index contributed by atoms with van der Waals surface area (Å²) >= 11 is 0. The van der Waals surface area contributed by atoms with Crippen LogP contribution in [0.15, 0.2) is 4.99 Å². The Bertz CT molecular complexity index is 921. The summed E-state index contributed by atoms with van der Waals surface area (Å²) in [5.74, 6) is -8.45. The van der Waals surface area contributed by atoms with Crippen molar-refractivity contribution < 1.29 is 48.9 Å². The monoisotopic (exact) mass is 546 g/mol. The van der Waals surface area contributed by atoms with Gasteiger partial charge in [-0.05, 0) is 25.7 Å². The zero-order chi connectivity index (χ0) is 29.4. The van der Waals surface area contributed by atoms with Crippen molar-refractivity contribution in [2.24, 2.45) is 27.9 Å². The van der Waals surface area contributed by atoms with Gasteiger partial charge in [0, 0.05) is 19.4 Å². The minimum absolute atomic E-state index is 0.101. The van der Waals surface area contributed by atoms with Gasteiger partial charge in [-0.2, -0.15) is 0 Å². The number of primary amides is 1. The van der Waals surface area contributed by atoms with Gasteiger partial charge >= 0.3 is 17.9 Å². The molecule has 18 nitrogen and oxygen atoms in total. The van der Waals surface area contributed by atoms with Gasteiger partial charge in [0.2, 0.25) is 23.6 Å². The van der Waals surface area contributed by atoms with Crippen LogP contribution < -0.4 is 38.9 Å². The van der Waals surface area contributed by atoms with E-state index in [2.05, 4.69) is 15.6 Å². The van der Waals surface area contributed by atoms with E-state index in [1.54, 1.807) is 0 Å². The molecule has 0 spiro atoms. The van der Waals surface area contributed by atoms with Crippen molar-refractivity contribution in [3.8, 4) is 0 Å². The van der Waals surface area contributed by atoms with E-state index in [0.29, 0.717) is 6.42 Å². The number of hydrogen-bond donors (Lipinski definition) is 10. The van der Waals surface area contributed by atoms with Gasteiger partial charge in [-0.15, -0.1) is 0 Å². The number of rotatable bonds is 19. The van der Waals surface area contributed by atoms with Crippen LogP contribution in [-0.4, -0.2) is 93.5 Å². The molecule has 14 N–H and O–H groups in total. The Morgan fingerprint density at radius 1 is 0.684 bits per heavy atom. The van der Waals surface area contributed by atoms with Crippen LogP contribution in [0.5, 0.6) is 0 Å². The molecule has 0 aliphatic carbocycles. The van der Waals surface area contributed by atoms with Gasteiger partial charge in [-0.1, -0.05) is 0 Å². The largest absolute Gasteiger partial charge is 0.481 e. The third kappa shape index (κ3) is 14.8. The molecule has 0 heterocycles. The number of guanidine groups is 1. The smallest absolute Gasteiger partial charge is 0.326 e. The minimum Gasteiger partial charge on any atom is -0.481 e. The van der Waals surface area contributed by atoms with Crippen LogP contribution in [0.3, 0.4) is 0 Å². The fourth-order valence-corrected chi connectivity index (χ4v) is 2.95. The first kappa shape index (κ1) is 33.5. The topological polar surface area (TPSA) is 333 Å². The highest BCUT2D eigenvalue weighted by molar-refractivity contribution is 5.96. The summed E-state index contributed by atoms with van der Waals surface area (Å²) in [5.41, 5.74) is 21.3. The van der Waals surface area contributed by atoms with Crippen LogP contribution in [-0.2, 0) is 33.6 Å². The van der Waals surface area contributed by atoms with Crippen molar-refractivity contribution in [1.82, 2.24) is 16.0 Å². The predicted molar refractivity (Wildman–Crippen MR) is 129 cm³/mol. The Morgan fingerprint density at radius 2 is 1.16 bits per heavy atom. The summed E-state index contributed by atoms with van der Waals surface area (Å²) in [5, 5.41) is 33.4. The van der Waals surface area contributed by atoms with Gasteiger partial charge < -0.3 is 54.2 Å². The molecule has 0 aromatic rings. The standard InChI is InChI=1S/C20H34N8O10/c21-9(2-1-7-25-20(23)24)16(34)28-12(8-13(22)29)18(36)26-10(3-5-14(30)31)17(35)27-11(19(37)38)4-6-15(32)33/h9-12H,1-8,21H2,(H2,22,29)(H,26,36)(H,27,35)(H,28,34)(H,30,31)(H,32,33)(H,37,38)(H4,23,24,25). The summed E-state index contributed by atoms with van der Waals surface area (Å²) in [6, 6.07) is -6.01. The SMILES string of the molecule is NC(=O)CC(NC(=O)C(N)CCCN=C(N)N)C(=O)NC(CCC(=O)O)C(=O)NC(CCC(=O)O)C(=O)O. The zero-order valence-corrected chi connectivity index (χ0v) is 20.4. The molecule has 38 heavy (non-hydrogen) atoms. The lowest BCUT2D eigenvalue weighted by Crippen LogP contribution is -2.57. The first-order valence-electron chi connectivity index (χ1n) is 11.3. The number of aliphatic carboxylic acids is 3. The Balaban J connectivity index is 5.52. The normalized spacial score (nSPS) is 13.6. The first-order valence-corrected chi connectivity index (χ1v) is 11.3. The number of nitrogens with one attached hydrogen (secondary N) is 3. The van der Waals surface area contributed by atoms with Crippen LogP contribution in [0.2, 0.25) is 0 Å². The van der Waals surface area contributed by atoms with Crippen molar-refractivity contribution in [3.63, 3.8) is 0 Å². The van der Waals surface area contributed by atoms with E-state index in [0.717, 1.165) is 0 Å². The summed E-state index contributed by atoms with van der Waals surface area (Å²) in [7, 11) is 0. The van der Waals surface area contributed by atoms with E-state index in [1.165, 1.54) is 0 Å². The van der Waals surface area contributed by atoms with Gasteiger partial charge in [0.25, 0.3) is 0 Å². The molecule has 0 saturated carbocycles. The van der Waals surface area contributed by atoms with E-state index in [4.69, 9.17) is 33.1 Å². The van der Waals surface area contributed by atoms with Crippen LogP contribution in [0, 0.1) is 0 Å². The third-order valence-corrected chi connectivity index (χ3v) is 4.88. The van der Waals surface area contributed by atoms with Crippen molar-refractivity contribution in [3.05, 3.63) is 0 Å². The zero-order valence-electron chi connectivity index (χ0n) is 20.4. The highest BCUT2D eigenvalue weighted by Crippen LogP contribution is 2.05. The summed E-state index contributed by atoms with van der Waals surface area (Å²) in [4.78, 5) is 86.2. The number of carboxylic acid groups (broad SMARTS) is 3. The number of carboxylic acids is 3. The number of aliphatic imine (C=N–C) groups is 1. The molecule has 4 unspecified atom stereocenters. The highest BCUT2D eigenvalue weighted by Gasteiger charge is 2.31. The maximum atomic E-state index is 12.8. The average Bonchev–Trinajstić information content (AvgIpc) is 2.80. The number of carbonyl (C=O) groups is 7. The molecule has 0 aliphatic rings. The van der Waals surface area contributed by atoms with Crippen molar-refractivity contribution in [1.29, 1.82) is 0 Å². The van der Waals surface area contributed by atoms with Crippen molar-refractivity contribution in [2.75, 3.05) is 6.54 Å². The molecule has 18 heteroatoms. The maximum absolute atomic E-state index is 12.8. The molecule has 0 bridgehead atoms. The Labute approximate surface area is 216 Å². The molecule has 4 amide bonds. The van der Waals surface area contributed by atoms with Gasteiger partial charge in [0.1, 0.15) is 18.1 Å². The second-order valence-electron chi connectivity index (χ2n) is 8.11. The maximum Gasteiger partial charge on any atom is 0.326 e. The molecule has 0 aromatic carbocycles. The van der Waals surface area contributed by atoms with E-state index in [9.17, 15) is 38.7 Å². The van der Waals surface area contributed by atoms with E-state index >= 15 is 0 Å². The third-order valence-electron chi connectivity index (χ3n) is 4.88. The first-order chi connectivity index (χ1) is 17.6. The number of hydrogen-bond acceptors (Lipinski definition) is 9. The molecule has 0 aliphatic heterocycles. The van der Waals surface area contributed by atoms with Gasteiger partial charge in [-0.25, -0.2) is 4.79 Å². The van der Waals surface area contributed by atoms with Gasteiger partial charge in [0.15, 0.2) is 5.96 Å². The lowest BCUT2D eigenvalue weighted by Gasteiger charge is -2.24. The number of nitrogens with zero attached hydrogens (tertiary/aromatic N) is 1. The Hall–Kier alpha value is -4.48. The van der Waals surface area contributed by atoms with Crippen molar-refractivity contribution >= 4 is 47.5 Å². The Kier molecular flexibility index (Phi) is 15.0. The molecule has 0 radical (unpaired) electrons. The fourth-order valence-electron chi connectivity index (χ4n) is 2.95. The molecule has 0 fully saturated rings. The molecule has 214 valence electrons. The highest BCUT2D eigenvalue weighted by atomic mass is 16.4. The second kappa shape index (κ2) is 17.1. The predicted octanol–water partition coefficient (Wildman–Crippen LogP) is -4.49. The molecule has 0 saturated heterocycles. The van der Waals surface area contributed by atoms with Gasteiger partial charge in [-0.3, -0.25) is 33.8 Å². The van der Waals surface area contributed by atoms with E-state index < -0.39 is 97.8 Å². The van der Waals surface area contributed by atoms with Gasteiger partial charge in [0.05, 0.1) is 12.5 Å². The molecule has 0 rings (SSSR count). The number of carbonyl (C=O) groups excluding carboxylic acids is 4. The van der Waals surface area contributed by atoms with Crippen LogP contribution in [0.25, 0.3) is 0 Å². The summed E-state index contributed by atoms with van der Waals surface area (Å²) in [6.45, 7) is 0.179. The lowest BCUT2D eigenvalue weighted by atomic mass is 10.1. The van der Waals surface area contributed by atoms with Crippen LogP contribution in [0.1, 0.15) is 44.9 Å². The lowest BCUT2D eigenvalue weighted by molar-refractivity contribution is -0.144. The fraction of sp³-hybridized carbons (Fsp3) is 0.600. The second-order valence-corrected chi connectivity index (χ2v) is 8.11. The van der Waals surface area contributed by atoms with Crippen LogP contribution >= 0.6 is 0 Å². The number of nitrogens with two attached hydrogens (primary N) is 4. The average molecular weight is 547 g/mol.